The highest BCUT2D eigenvalue weighted by Gasteiger charge is 2.11. The van der Waals surface area contributed by atoms with E-state index < -0.39 is 0 Å². The van der Waals surface area contributed by atoms with E-state index in [1.807, 2.05) is 6.26 Å². The maximum atomic E-state index is 11.6. The van der Waals surface area contributed by atoms with Gasteiger partial charge in [-0.25, -0.2) is 0 Å². The fourth-order valence-electron chi connectivity index (χ4n) is 0.948. The van der Waals surface area contributed by atoms with Gasteiger partial charge in [-0.1, -0.05) is 16.3 Å². The van der Waals surface area contributed by atoms with Gasteiger partial charge in [0, 0.05) is 11.5 Å². The van der Waals surface area contributed by atoms with E-state index in [4.69, 9.17) is 4.42 Å². The fourth-order valence-corrected chi connectivity index (χ4v) is 1.74. The third kappa shape index (κ3) is 2.37. The van der Waals surface area contributed by atoms with Crippen LogP contribution in [0.15, 0.2) is 27.8 Å². The summed E-state index contributed by atoms with van der Waals surface area (Å²) in [7, 11) is 0. The molecule has 1 N–H and O–H groups in total. The lowest BCUT2D eigenvalue weighted by Crippen LogP contribution is -2.09. The zero-order valence-corrected chi connectivity index (χ0v) is 9.39. The summed E-state index contributed by atoms with van der Waals surface area (Å²) in [6.07, 6.45) is 3.37. The molecule has 0 saturated heterocycles. The molecule has 0 bridgehead atoms. The molecule has 2 aromatic heterocycles. The molecule has 0 aliphatic carbocycles. The van der Waals surface area contributed by atoms with Crippen molar-refractivity contribution in [1.82, 2.24) is 9.59 Å². The highest BCUT2D eigenvalue weighted by molar-refractivity contribution is 7.98. The average Bonchev–Trinajstić information content (AvgIpc) is 2.86. The third-order valence-electron chi connectivity index (χ3n) is 1.60. The summed E-state index contributed by atoms with van der Waals surface area (Å²) in [6, 6.07) is 3.39. The van der Waals surface area contributed by atoms with Gasteiger partial charge >= 0.3 is 0 Å². The highest BCUT2D eigenvalue weighted by Crippen LogP contribution is 2.19. The van der Waals surface area contributed by atoms with Crippen LogP contribution in [0.2, 0.25) is 0 Å². The summed E-state index contributed by atoms with van der Waals surface area (Å²) < 4.78 is 8.89. The molecule has 0 atom stereocenters. The van der Waals surface area contributed by atoms with E-state index in [-0.39, 0.29) is 11.7 Å². The minimum atomic E-state index is -0.290. The molecule has 0 aromatic carbocycles. The molecule has 2 rings (SSSR count). The molecule has 0 saturated carbocycles. The van der Waals surface area contributed by atoms with Crippen LogP contribution < -0.4 is 5.32 Å². The van der Waals surface area contributed by atoms with Gasteiger partial charge in [0.25, 0.3) is 5.91 Å². The summed E-state index contributed by atoms with van der Waals surface area (Å²) >= 11 is 2.56. The zero-order valence-electron chi connectivity index (χ0n) is 7.76. The average molecular weight is 241 g/mol. The number of aromatic nitrogens is 2. The van der Waals surface area contributed by atoms with Crippen LogP contribution >= 0.6 is 23.3 Å². The summed E-state index contributed by atoms with van der Waals surface area (Å²) in [5.74, 6) is -0.00546. The van der Waals surface area contributed by atoms with Gasteiger partial charge in [0.1, 0.15) is 5.00 Å². The van der Waals surface area contributed by atoms with Gasteiger partial charge in [0.05, 0.1) is 6.20 Å². The van der Waals surface area contributed by atoms with Gasteiger partial charge in [0.2, 0.25) is 0 Å². The van der Waals surface area contributed by atoms with Crippen LogP contribution in [0.4, 0.5) is 5.00 Å². The molecule has 78 valence electrons. The van der Waals surface area contributed by atoms with Crippen molar-refractivity contribution in [1.29, 1.82) is 0 Å². The van der Waals surface area contributed by atoms with Crippen molar-refractivity contribution in [2.24, 2.45) is 0 Å². The van der Waals surface area contributed by atoms with E-state index in [2.05, 4.69) is 14.9 Å². The Labute approximate surface area is 94.0 Å². The predicted octanol–water partition coefficient (Wildman–Crippen LogP) is 2.11. The lowest BCUT2D eigenvalue weighted by atomic mass is 10.4. The van der Waals surface area contributed by atoms with E-state index in [9.17, 15) is 4.79 Å². The Morgan fingerprint density at radius 2 is 2.47 bits per heavy atom. The number of carbonyl (C=O) groups is 1. The first-order valence-corrected chi connectivity index (χ1v) is 6.02. The quantitative estimate of drug-likeness (QED) is 0.833. The van der Waals surface area contributed by atoms with Crippen LogP contribution in [-0.4, -0.2) is 21.7 Å². The lowest BCUT2D eigenvalue weighted by molar-refractivity contribution is 0.0992. The molecule has 1 amide bonds. The molecule has 0 aliphatic rings. The zero-order chi connectivity index (χ0) is 10.7. The molecule has 0 aliphatic heterocycles. The van der Waals surface area contributed by atoms with Crippen LogP contribution in [0.25, 0.3) is 0 Å². The molecule has 0 unspecified atom stereocenters. The van der Waals surface area contributed by atoms with Crippen molar-refractivity contribution in [3.8, 4) is 0 Å². The Hall–Kier alpha value is -1.34. The molecular weight excluding hydrogens is 234 g/mol. The minimum Gasteiger partial charge on any atom is -0.445 e. The van der Waals surface area contributed by atoms with Gasteiger partial charge in [-0.2, -0.15) is 0 Å². The summed E-state index contributed by atoms with van der Waals surface area (Å²) in [5.41, 5.74) is 0. The molecule has 7 heteroatoms. The monoisotopic (exact) mass is 241 g/mol. The maximum Gasteiger partial charge on any atom is 0.292 e. The number of amides is 1. The van der Waals surface area contributed by atoms with Gasteiger partial charge in [-0.15, -0.1) is 5.10 Å². The van der Waals surface area contributed by atoms with Crippen LogP contribution in [0, 0.1) is 0 Å². The first-order chi connectivity index (χ1) is 7.29. The third-order valence-corrected chi connectivity index (χ3v) is 2.81. The van der Waals surface area contributed by atoms with Crippen LogP contribution in [0.1, 0.15) is 10.6 Å². The van der Waals surface area contributed by atoms with Crippen molar-refractivity contribution in [3.63, 3.8) is 0 Å². The van der Waals surface area contributed by atoms with Crippen LogP contribution in [-0.2, 0) is 0 Å². The van der Waals surface area contributed by atoms with Crippen molar-refractivity contribution < 1.29 is 9.21 Å². The second-order valence-corrected chi connectivity index (χ2v) is 4.16. The molecular formula is C8H7N3O2S2. The van der Waals surface area contributed by atoms with E-state index in [0.29, 0.717) is 10.1 Å². The molecule has 5 nitrogen and oxygen atoms in total. The number of nitrogens with one attached hydrogen (secondary N) is 1. The summed E-state index contributed by atoms with van der Waals surface area (Å²) in [4.78, 5) is 11.6. The Kier molecular flexibility index (Phi) is 3.02. The first kappa shape index (κ1) is 10.2. The van der Waals surface area contributed by atoms with Crippen molar-refractivity contribution in [2.45, 2.75) is 5.09 Å². The van der Waals surface area contributed by atoms with Crippen LogP contribution in [0.3, 0.4) is 0 Å². The number of furan rings is 1. The number of carbonyl (C=O) groups excluding carboxylic acids is 1. The van der Waals surface area contributed by atoms with E-state index in [1.54, 1.807) is 12.1 Å². The van der Waals surface area contributed by atoms with Gasteiger partial charge < -0.3 is 9.73 Å². The number of thioether (sulfide) groups is 1. The van der Waals surface area contributed by atoms with E-state index in [0.717, 1.165) is 11.5 Å². The second-order valence-electron chi connectivity index (χ2n) is 2.56. The highest BCUT2D eigenvalue weighted by atomic mass is 32.2. The van der Waals surface area contributed by atoms with Crippen molar-refractivity contribution >= 4 is 34.2 Å². The van der Waals surface area contributed by atoms with E-state index in [1.165, 1.54) is 18.0 Å². The normalized spacial score (nSPS) is 10.2. The molecule has 0 fully saturated rings. The number of rotatable bonds is 3. The minimum absolute atomic E-state index is 0.285. The smallest absolute Gasteiger partial charge is 0.292 e. The van der Waals surface area contributed by atoms with Crippen LogP contribution in [0.5, 0.6) is 0 Å². The Morgan fingerprint density at radius 3 is 3.07 bits per heavy atom. The summed E-state index contributed by atoms with van der Waals surface area (Å²) in [5, 5.41) is 7.55. The predicted molar refractivity (Wildman–Crippen MR) is 58.4 cm³/mol. The maximum absolute atomic E-state index is 11.6. The Balaban J connectivity index is 2.08. The van der Waals surface area contributed by atoms with Crippen molar-refractivity contribution in [2.75, 3.05) is 11.6 Å². The number of anilines is 1. The molecule has 2 aromatic rings. The van der Waals surface area contributed by atoms with Gasteiger partial charge in [-0.05, 0) is 18.4 Å². The fraction of sp³-hybridized carbons (Fsp3) is 0.125. The molecule has 15 heavy (non-hydrogen) atoms. The Morgan fingerprint density at radius 1 is 1.60 bits per heavy atom. The standard InChI is InChI=1S/C8H7N3O2S2/c1-14-7-3-2-5(13-7)8(12)10-6-4-9-11-15-6/h2-4H,1H3,(H,10,12). The largest absolute Gasteiger partial charge is 0.445 e. The Bertz CT molecular complexity index is 452. The first-order valence-electron chi connectivity index (χ1n) is 4.02. The number of hydrogen-bond acceptors (Lipinski definition) is 6. The van der Waals surface area contributed by atoms with E-state index >= 15 is 0 Å². The van der Waals surface area contributed by atoms with Crippen molar-refractivity contribution in [3.05, 3.63) is 24.1 Å². The topological polar surface area (TPSA) is 68.0 Å². The SMILES string of the molecule is CSc1ccc(C(=O)Nc2cnns2)o1. The molecule has 0 spiro atoms. The molecule has 0 radical (unpaired) electrons. The number of hydrogen-bond donors (Lipinski definition) is 1. The lowest BCUT2D eigenvalue weighted by Gasteiger charge is -1.96. The number of nitrogens with zero attached hydrogens (tertiary/aromatic N) is 2. The second kappa shape index (κ2) is 4.45. The summed E-state index contributed by atoms with van der Waals surface area (Å²) in [6.45, 7) is 0. The molecule has 2 heterocycles. The van der Waals surface area contributed by atoms with Gasteiger partial charge in [0.15, 0.2) is 10.9 Å². The van der Waals surface area contributed by atoms with Gasteiger partial charge in [-0.3, -0.25) is 4.79 Å².